The Hall–Kier alpha value is -1.89. The molecule has 2 heterocycles. The van der Waals surface area contributed by atoms with Gasteiger partial charge >= 0.3 is 0 Å². The van der Waals surface area contributed by atoms with Gasteiger partial charge in [-0.05, 0) is 26.8 Å². The van der Waals surface area contributed by atoms with Gasteiger partial charge in [0.15, 0.2) is 0 Å². The molecule has 1 aromatic rings. The van der Waals surface area contributed by atoms with E-state index in [1.54, 1.807) is 9.47 Å². The number of aromatic nitrogens is 1. The second-order valence-corrected chi connectivity index (χ2v) is 4.86. The minimum atomic E-state index is -0.462. The largest absolute Gasteiger partial charge is 0.337 e. The number of nitro groups is 1. The Kier molecular flexibility index (Phi) is 4.39. The number of likely N-dealkylation sites (N-methyl/N-ethyl adjacent to an activating group) is 1. The first-order valence-corrected chi connectivity index (χ1v) is 6.94. The van der Waals surface area contributed by atoms with E-state index in [9.17, 15) is 14.9 Å². The van der Waals surface area contributed by atoms with E-state index in [-0.39, 0.29) is 17.6 Å². The lowest BCUT2D eigenvalue weighted by molar-refractivity contribution is -0.384. The highest BCUT2D eigenvalue weighted by Gasteiger charge is 2.29. The third-order valence-corrected chi connectivity index (χ3v) is 3.73. The van der Waals surface area contributed by atoms with Crippen LogP contribution in [0.25, 0.3) is 0 Å². The third kappa shape index (κ3) is 2.67. The van der Waals surface area contributed by atoms with Crippen LogP contribution in [-0.4, -0.2) is 46.0 Å². The molecule has 0 bridgehead atoms. The van der Waals surface area contributed by atoms with Gasteiger partial charge in [-0.2, -0.15) is 0 Å². The quantitative estimate of drug-likeness (QED) is 0.650. The van der Waals surface area contributed by atoms with E-state index in [0.717, 1.165) is 19.5 Å². The van der Waals surface area contributed by atoms with Gasteiger partial charge in [0.05, 0.1) is 11.1 Å². The highest BCUT2D eigenvalue weighted by molar-refractivity contribution is 5.93. The van der Waals surface area contributed by atoms with Crippen molar-refractivity contribution in [3.05, 3.63) is 28.1 Å². The van der Waals surface area contributed by atoms with Crippen LogP contribution < -0.4 is 5.32 Å². The topological polar surface area (TPSA) is 80.4 Å². The second kappa shape index (κ2) is 6.04. The van der Waals surface area contributed by atoms with E-state index in [0.29, 0.717) is 18.8 Å². The van der Waals surface area contributed by atoms with Gasteiger partial charge in [-0.25, -0.2) is 0 Å². The maximum Gasteiger partial charge on any atom is 0.287 e. The SMILES string of the molecule is CCN(C(=O)c1cc([N+](=O)[O-])cn1CC)C1CCNC1. The van der Waals surface area contributed by atoms with Crippen molar-refractivity contribution in [3.63, 3.8) is 0 Å². The molecule has 1 aliphatic rings. The second-order valence-electron chi connectivity index (χ2n) is 4.86. The number of nitrogens with one attached hydrogen (secondary N) is 1. The number of aryl methyl sites for hydroxylation is 1. The number of hydrogen-bond donors (Lipinski definition) is 1. The normalized spacial score (nSPS) is 18.2. The maximum atomic E-state index is 12.6. The van der Waals surface area contributed by atoms with E-state index >= 15 is 0 Å². The summed E-state index contributed by atoms with van der Waals surface area (Å²) in [6.45, 7) is 6.64. The average Bonchev–Trinajstić information content (AvgIpc) is 3.08. The zero-order chi connectivity index (χ0) is 14.7. The summed E-state index contributed by atoms with van der Waals surface area (Å²) >= 11 is 0. The van der Waals surface area contributed by atoms with Crippen LogP contribution in [0, 0.1) is 10.1 Å². The van der Waals surface area contributed by atoms with Crippen LogP contribution in [0.4, 0.5) is 5.69 Å². The first-order chi connectivity index (χ1) is 9.58. The lowest BCUT2D eigenvalue weighted by atomic mass is 10.2. The van der Waals surface area contributed by atoms with E-state index in [2.05, 4.69) is 5.32 Å². The number of carbonyl (C=O) groups excluding carboxylic acids is 1. The molecule has 1 atom stereocenters. The summed E-state index contributed by atoms with van der Waals surface area (Å²) in [7, 11) is 0. The summed E-state index contributed by atoms with van der Waals surface area (Å²) < 4.78 is 1.64. The number of nitrogens with zero attached hydrogens (tertiary/aromatic N) is 3. The van der Waals surface area contributed by atoms with Crippen molar-refractivity contribution in [3.8, 4) is 0 Å². The van der Waals surface area contributed by atoms with Crippen molar-refractivity contribution in [1.82, 2.24) is 14.8 Å². The Morgan fingerprint density at radius 2 is 2.35 bits per heavy atom. The third-order valence-electron chi connectivity index (χ3n) is 3.73. The molecule has 0 aliphatic carbocycles. The summed E-state index contributed by atoms with van der Waals surface area (Å²) in [6.07, 6.45) is 2.35. The Balaban J connectivity index is 2.28. The fraction of sp³-hybridized carbons (Fsp3) is 0.615. The lowest BCUT2D eigenvalue weighted by Gasteiger charge is -2.27. The molecular formula is C13H20N4O3. The minimum absolute atomic E-state index is 0.0317. The summed E-state index contributed by atoms with van der Waals surface area (Å²) in [5.74, 6) is -0.129. The van der Waals surface area contributed by atoms with E-state index in [4.69, 9.17) is 0 Å². The molecule has 1 aliphatic heterocycles. The van der Waals surface area contributed by atoms with Crippen molar-refractivity contribution in [2.45, 2.75) is 32.9 Å². The summed E-state index contributed by atoms with van der Waals surface area (Å²) in [5.41, 5.74) is 0.365. The summed E-state index contributed by atoms with van der Waals surface area (Å²) in [5, 5.41) is 14.1. The van der Waals surface area contributed by atoms with Crippen LogP contribution in [-0.2, 0) is 6.54 Å². The maximum absolute atomic E-state index is 12.6. The van der Waals surface area contributed by atoms with Gasteiger partial charge in [0.2, 0.25) is 0 Å². The van der Waals surface area contributed by atoms with E-state index in [1.807, 2.05) is 13.8 Å². The van der Waals surface area contributed by atoms with Crippen LogP contribution in [0.2, 0.25) is 0 Å². The number of hydrogen-bond acceptors (Lipinski definition) is 4. The molecule has 1 fully saturated rings. The molecule has 0 saturated carbocycles. The van der Waals surface area contributed by atoms with E-state index < -0.39 is 4.92 Å². The molecule has 20 heavy (non-hydrogen) atoms. The van der Waals surface area contributed by atoms with Crippen molar-refractivity contribution in [2.24, 2.45) is 0 Å². The van der Waals surface area contributed by atoms with Gasteiger partial charge in [-0.3, -0.25) is 14.9 Å². The number of amides is 1. The molecule has 110 valence electrons. The molecule has 2 rings (SSSR count). The Morgan fingerprint density at radius 3 is 2.85 bits per heavy atom. The van der Waals surface area contributed by atoms with Crippen LogP contribution in [0.5, 0.6) is 0 Å². The molecule has 1 N–H and O–H groups in total. The van der Waals surface area contributed by atoms with Crippen molar-refractivity contribution in [1.29, 1.82) is 0 Å². The molecule has 1 unspecified atom stereocenters. The van der Waals surface area contributed by atoms with Crippen LogP contribution in [0.15, 0.2) is 12.3 Å². The van der Waals surface area contributed by atoms with Crippen LogP contribution >= 0.6 is 0 Å². The average molecular weight is 280 g/mol. The van der Waals surface area contributed by atoms with Gasteiger partial charge < -0.3 is 14.8 Å². The zero-order valence-corrected chi connectivity index (χ0v) is 11.8. The first-order valence-electron chi connectivity index (χ1n) is 6.94. The Labute approximate surface area is 117 Å². The fourth-order valence-corrected chi connectivity index (χ4v) is 2.66. The van der Waals surface area contributed by atoms with Gasteiger partial charge in [-0.15, -0.1) is 0 Å². The molecule has 7 heteroatoms. The van der Waals surface area contributed by atoms with Crippen molar-refractivity contribution in [2.75, 3.05) is 19.6 Å². The van der Waals surface area contributed by atoms with Crippen LogP contribution in [0.3, 0.4) is 0 Å². The molecule has 0 radical (unpaired) electrons. The number of rotatable bonds is 5. The van der Waals surface area contributed by atoms with Crippen molar-refractivity contribution < 1.29 is 9.72 Å². The fourth-order valence-electron chi connectivity index (χ4n) is 2.66. The smallest absolute Gasteiger partial charge is 0.287 e. The molecule has 1 amide bonds. The Bertz CT molecular complexity index is 506. The molecule has 7 nitrogen and oxygen atoms in total. The number of carbonyl (C=O) groups is 1. The molecular weight excluding hydrogens is 260 g/mol. The predicted octanol–water partition coefficient (Wildman–Crippen LogP) is 1.24. The van der Waals surface area contributed by atoms with E-state index in [1.165, 1.54) is 12.3 Å². The molecule has 1 saturated heterocycles. The minimum Gasteiger partial charge on any atom is -0.337 e. The van der Waals surface area contributed by atoms with Gasteiger partial charge in [0.25, 0.3) is 11.6 Å². The van der Waals surface area contributed by atoms with Crippen molar-refractivity contribution >= 4 is 11.6 Å². The highest BCUT2D eigenvalue weighted by atomic mass is 16.6. The standard InChI is InChI=1S/C13H20N4O3/c1-3-15-9-11(17(19)20)7-12(15)13(18)16(4-2)10-5-6-14-8-10/h7,9-10,14H,3-6,8H2,1-2H3. The monoisotopic (exact) mass is 280 g/mol. The molecule has 0 spiro atoms. The molecule has 0 aromatic carbocycles. The van der Waals surface area contributed by atoms with Gasteiger partial charge in [-0.1, -0.05) is 0 Å². The predicted molar refractivity (Wildman–Crippen MR) is 74.7 cm³/mol. The lowest BCUT2D eigenvalue weighted by Crippen LogP contribution is -2.42. The van der Waals surface area contributed by atoms with Crippen LogP contribution in [0.1, 0.15) is 30.8 Å². The van der Waals surface area contributed by atoms with Gasteiger partial charge in [0.1, 0.15) is 5.69 Å². The Morgan fingerprint density at radius 1 is 1.60 bits per heavy atom. The molecule has 1 aromatic heterocycles. The van der Waals surface area contributed by atoms with Gasteiger partial charge in [0, 0.05) is 31.7 Å². The summed E-state index contributed by atoms with van der Waals surface area (Å²) in [4.78, 5) is 24.8. The first kappa shape index (κ1) is 14.5. The zero-order valence-electron chi connectivity index (χ0n) is 11.8. The highest BCUT2D eigenvalue weighted by Crippen LogP contribution is 2.20. The summed E-state index contributed by atoms with van der Waals surface area (Å²) in [6, 6.07) is 1.54.